The van der Waals surface area contributed by atoms with Crippen LogP contribution in [-0.2, 0) is 16.1 Å². The number of carboxylic acids is 1. The van der Waals surface area contributed by atoms with Gasteiger partial charge >= 0.3 is 13.1 Å². The number of carbonyl (C=O) groups is 2. The van der Waals surface area contributed by atoms with Crippen molar-refractivity contribution in [3.05, 3.63) is 29.3 Å². The molecule has 0 bridgehead atoms. The highest BCUT2D eigenvalue weighted by atomic mass is 16.5. The van der Waals surface area contributed by atoms with E-state index in [2.05, 4.69) is 0 Å². The summed E-state index contributed by atoms with van der Waals surface area (Å²) in [5, 5.41) is 18.8. The first-order valence-electron chi connectivity index (χ1n) is 6.54. The summed E-state index contributed by atoms with van der Waals surface area (Å²) >= 11 is 0. The summed E-state index contributed by atoms with van der Waals surface area (Å²) < 4.78 is 5.08. The molecular formula is C13H14BNO5. The van der Waals surface area contributed by atoms with Crippen molar-refractivity contribution in [1.82, 2.24) is 4.90 Å². The number of amides is 1. The van der Waals surface area contributed by atoms with Crippen LogP contribution in [0, 0.1) is 0 Å². The summed E-state index contributed by atoms with van der Waals surface area (Å²) in [4.78, 5) is 24.9. The number of rotatable bonds is 2. The molecular weight excluding hydrogens is 261 g/mol. The average Bonchev–Trinajstić information content (AvgIpc) is 3.05. The molecule has 0 aliphatic carbocycles. The predicted molar refractivity (Wildman–Crippen MR) is 70.5 cm³/mol. The van der Waals surface area contributed by atoms with Crippen molar-refractivity contribution in [2.24, 2.45) is 0 Å². The molecule has 1 amide bonds. The minimum absolute atomic E-state index is 0.309. The van der Waals surface area contributed by atoms with Crippen molar-refractivity contribution in [2.75, 3.05) is 6.54 Å². The maximum absolute atomic E-state index is 12.4. The van der Waals surface area contributed by atoms with E-state index >= 15 is 0 Å². The van der Waals surface area contributed by atoms with Crippen molar-refractivity contribution >= 4 is 24.5 Å². The third-order valence-corrected chi connectivity index (χ3v) is 3.85. The first-order chi connectivity index (χ1) is 9.58. The number of carbonyl (C=O) groups excluding carboxylic acids is 1. The Morgan fingerprint density at radius 2 is 2.20 bits per heavy atom. The molecule has 1 aromatic carbocycles. The van der Waals surface area contributed by atoms with Crippen LogP contribution < -0.4 is 5.46 Å². The summed E-state index contributed by atoms with van der Waals surface area (Å²) in [6, 6.07) is 4.23. The highest BCUT2D eigenvalue weighted by Gasteiger charge is 2.35. The number of aliphatic carboxylic acids is 1. The van der Waals surface area contributed by atoms with Crippen molar-refractivity contribution < 1.29 is 24.4 Å². The maximum Gasteiger partial charge on any atom is 0.491 e. The largest absolute Gasteiger partial charge is 0.491 e. The molecule has 0 saturated carbocycles. The summed E-state index contributed by atoms with van der Waals surface area (Å²) in [6.07, 6.45) is 1.18. The third-order valence-electron chi connectivity index (χ3n) is 3.85. The first-order valence-corrected chi connectivity index (χ1v) is 6.54. The van der Waals surface area contributed by atoms with Gasteiger partial charge < -0.3 is 19.7 Å². The molecule has 2 N–H and O–H groups in total. The molecule has 2 heterocycles. The zero-order valence-electron chi connectivity index (χ0n) is 10.8. The Kier molecular flexibility index (Phi) is 3.23. The maximum atomic E-state index is 12.4. The molecule has 2 aliphatic heterocycles. The van der Waals surface area contributed by atoms with Gasteiger partial charge in [-0.3, -0.25) is 4.79 Å². The lowest BCUT2D eigenvalue weighted by atomic mass is 9.78. The molecule has 1 fully saturated rings. The lowest BCUT2D eigenvalue weighted by molar-refractivity contribution is -0.141. The Hall–Kier alpha value is -1.86. The predicted octanol–water partition coefficient (Wildman–Crippen LogP) is -0.407. The highest BCUT2D eigenvalue weighted by Crippen LogP contribution is 2.21. The summed E-state index contributed by atoms with van der Waals surface area (Å²) in [7, 11) is -1.01. The number of benzene rings is 1. The van der Waals surface area contributed by atoms with Crippen LogP contribution >= 0.6 is 0 Å². The second-order valence-corrected chi connectivity index (χ2v) is 5.07. The fraction of sp³-hybridized carbons (Fsp3) is 0.385. The monoisotopic (exact) mass is 275 g/mol. The number of fused-ring (bicyclic) bond motifs is 1. The Morgan fingerprint density at radius 1 is 1.40 bits per heavy atom. The molecule has 0 radical (unpaired) electrons. The van der Waals surface area contributed by atoms with Crippen molar-refractivity contribution in [3.8, 4) is 0 Å². The van der Waals surface area contributed by atoms with Crippen molar-refractivity contribution in [2.45, 2.75) is 25.5 Å². The van der Waals surface area contributed by atoms with Crippen LogP contribution in [0.3, 0.4) is 0 Å². The van der Waals surface area contributed by atoms with Gasteiger partial charge in [-0.2, -0.15) is 0 Å². The summed E-state index contributed by atoms with van der Waals surface area (Å²) in [6.45, 7) is 0.776. The van der Waals surface area contributed by atoms with Crippen LogP contribution in [0.1, 0.15) is 28.8 Å². The van der Waals surface area contributed by atoms with Crippen LogP contribution in [0.4, 0.5) is 0 Å². The molecule has 1 saturated heterocycles. The van der Waals surface area contributed by atoms with E-state index in [1.165, 1.54) is 4.90 Å². The highest BCUT2D eigenvalue weighted by molar-refractivity contribution is 6.61. The van der Waals surface area contributed by atoms with Crippen molar-refractivity contribution in [3.63, 3.8) is 0 Å². The van der Waals surface area contributed by atoms with Crippen LogP contribution in [-0.4, -0.2) is 46.6 Å². The Morgan fingerprint density at radius 3 is 2.95 bits per heavy atom. The lowest BCUT2D eigenvalue weighted by Gasteiger charge is -2.21. The van der Waals surface area contributed by atoms with E-state index in [1.54, 1.807) is 18.2 Å². The van der Waals surface area contributed by atoms with Gasteiger partial charge in [0.2, 0.25) is 0 Å². The van der Waals surface area contributed by atoms with Crippen LogP contribution in [0.2, 0.25) is 0 Å². The van der Waals surface area contributed by atoms with E-state index in [0.717, 1.165) is 5.56 Å². The molecule has 6 nitrogen and oxygen atoms in total. The number of hydrogen-bond donors (Lipinski definition) is 2. The van der Waals surface area contributed by atoms with E-state index in [4.69, 9.17) is 9.76 Å². The van der Waals surface area contributed by atoms with E-state index in [1.807, 2.05) is 0 Å². The van der Waals surface area contributed by atoms with Gasteiger partial charge in [0.1, 0.15) is 6.04 Å². The fourth-order valence-electron chi connectivity index (χ4n) is 2.78. The van der Waals surface area contributed by atoms with Gasteiger partial charge in [-0.25, -0.2) is 4.79 Å². The molecule has 7 heteroatoms. The Balaban J connectivity index is 1.88. The number of likely N-dealkylation sites (tertiary alicyclic amines) is 1. The minimum Gasteiger partial charge on any atom is -0.480 e. The fourth-order valence-corrected chi connectivity index (χ4v) is 2.78. The molecule has 2 aliphatic rings. The molecule has 104 valence electrons. The zero-order chi connectivity index (χ0) is 14.3. The zero-order valence-corrected chi connectivity index (χ0v) is 10.8. The SMILES string of the molecule is O=C(O)[C@@H]1CCCN1C(=O)c1ccc2c(c1)B(O)OC2. The molecule has 3 rings (SSSR count). The van der Waals surface area contributed by atoms with E-state index in [9.17, 15) is 14.6 Å². The summed E-state index contributed by atoms with van der Waals surface area (Å²) in [5.41, 5.74) is 1.83. The first kappa shape index (κ1) is 13.1. The van der Waals surface area contributed by atoms with Gasteiger partial charge in [0.15, 0.2) is 0 Å². The van der Waals surface area contributed by atoms with Gasteiger partial charge in [0.25, 0.3) is 5.91 Å². The minimum atomic E-state index is -1.01. The van der Waals surface area contributed by atoms with Crippen LogP contribution in [0.5, 0.6) is 0 Å². The summed E-state index contributed by atoms with van der Waals surface area (Å²) in [5.74, 6) is -1.28. The molecule has 0 unspecified atom stereocenters. The average molecular weight is 275 g/mol. The molecule has 0 aromatic heterocycles. The van der Waals surface area contributed by atoms with Gasteiger partial charge in [0, 0.05) is 12.1 Å². The normalized spacial score (nSPS) is 21.1. The third kappa shape index (κ3) is 2.08. The van der Waals surface area contributed by atoms with Gasteiger partial charge in [-0.05, 0) is 36.0 Å². The molecule has 20 heavy (non-hydrogen) atoms. The number of nitrogens with zero attached hydrogens (tertiary/aromatic N) is 1. The van der Waals surface area contributed by atoms with Gasteiger partial charge in [-0.1, -0.05) is 6.07 Å². The smallest absolute Gasteiger partial charge is 0.480 e. The quantitative estimate of drug-likeness (QED) is 0.717. The second-order valence-electron chi connectivity index (χ2n) is 5.07. The Labute approximate surface area is 116 Å². The Bertz CT molecular complexity index is 576. The van der Waals surface area contributed by atoms with E-state index in [-0.39, 0.29) is 5.91 Å². The topological polar surface area (TPSA) is 87.1 Å². The number of carboxylic acid groups (broad SMARTS) is 1. The van der Waals surface area contributed by atoms with Crippen LogP contribution in [0.15, 0.2) is 18.2 Å². The van der Waals surface area contributed by atoms with Gasteiger partial charge in [-0.15, -0.1) is 0 Å². The second kappa shape index (κ2) is 4.92. The molecule has 1 aromatic rings. The van der Waals surface area contributed by atoms with E-state index < -0.39 is 19.1 Å². The van der Waals surface area contributed by atoms with Crippen molar-refractivity contribution in [1.29, 1.82) is 0 Å². The lowest BCUT2D eigenvalue weighted by Crippen LogP contribution is -2.41. The molecule has 0 spiro atoms. The van der Waals surface area contributed by atoms with Crippen LogP contribution in [0.25, 0.3) is 0 Å². The van der Waals surface area contributed by atoms with E-state index in [0.29, 0.717) is 37.0 Å². The molecule has 1 atom stereocenters. The number of hydrogen-bond acceptors (Lipinski definition) is 4. The standard InChI is InChI=1S/C13H14BNO5/c16-12(15-5-1-2-11(15)13(17)18)8-3-4-9-7-20-14(19)10(9)6-8/h3-4,6,11,19H,1-2,5,7H2,(H,17,18)/t11-/m0/s1. The van der Waals surface area contributed by atoms with Gasteiger partial charge in [0.05, 0.1) is 6.61 Å².